The minimum absolute atomic E-state index is 0.0287. The van der Waals surface area contributed by atoms with Gasteiger partial charge in [-0.15, -0.1) is 0 Å². The molecule has 0 aromatic heterocycles. The number of hydrogen-bond acceptors (Lipinski definition) is 3. The van der Waals surface area contributed by atoms with Crippen LogP contribution in [0.15, 0.2) is 24.3 Å². The maximum absolute atomic E-state index is 10.8. The van der Waals surface area contributed by atoms with Crippen molar-refractivity contribution in [2.45, 2.75) is 19.3 Å². The average Bonchev–Trinajstić information content (AvgIpc) is 2.19. The van der Waals surface area contributed by atoms with Crippen LogP contribution in [0, 0.1) is 10.1 Å². The zero-order chi connectivity index (χ0) is 11.4. The number of carboxylic acids is 1. The summed E-state index contributed by atoms with van der Waals surface area (Å²) in [6.45, 7) is 1.76. The second kappa shape index (κ2) is 4.54. The fourth-order valence-corrected chi connectivity index (χ4v) is 1.38. The average molecular weight is 209 g/mol. The Kier molecular flexibility index (Phi) is 3.38. The van der Waals surface area contributed by atoms with Gasteiger partial charge in [-0.2, -0.15) is 0 Å². The SMILES string of the molecule is CCC(C(=O)O)c1ccc([N+](=O)[O-])cc1. The van der Waals surface area contributed by atoms with Gasteiger partial charge < -0.3 is 5.11 Å². The summed E-state index contributed by atoms with van der Waals surface area (Å²) in [5.74, 6) is -1.50. The van der Waals surface area contributed by atoms with E-state index in [0.29, 0.717) is 12.0 Å². The topological polar surface area (TPSA) is 80.4 Å². The maximum atomic E-state index is 10.8. The minimum atomic E-state index is -0.911. The Bertz CT molecular complexity index is 372. The molecule has 0 aliphatic rings. The molecule has 80 valence electrons. The molecule has 5 heteroatoms. The zero-order valence-corrected chi connectivity index (χ0v) is 8.21. The van der Waals surface area contributed by atoms with E-state index in [0.717, 1.165) is 0 Å². The Morgan fingerprint density at radius 3 is 2.33 bits per heavy atom. The van der Waals surface area contributed by atoms with Gasteiger partial charge >= 0.3 is 5.97 Å². The van der Waals surface area contributed by atoms with Crippen LogP contribution < -0.4 is 0 Å². The molecule has 0 heterocycles. The number of carbonyl (C=O) groups is 1. The quantitative estimate of drug-likeness (QED) is 0.608. The summed E-state index contributed by atoms with van der Waals surface area (Å²) < 4.78 is 0. The van der Waals surface area contributed by atoms with Gasteiger partial charge in [0, 0.05) is 12.1 Å². The maximum Gasteiger partial charge on any atom is 0.310 e. The predicted octanol–water partition coefficient (Wildman–Crippen LogP) is 2.17. The minimum Gasteiger partial charge on any atom is -0.481 e. The second-order valence-electron chi connectivity index (χ2n) is 3.15. The Hall–Kier alpha value is -1.91. The van der Waals surface area contributed by atoms with Crippen molar-refractivity contribution in [1.82, 2.24) is 0 Å². The van der Waals surface area contributed by atoms with Crippen LogP contribution in [0.2, 0.25) is 0 Å². The van der Waals surface area contributed by atoms with Crippen molar-refractivity contribution in [2.75, 3.05) is 0 Å². The van der Waals surface area contributed by atoms with Crippen molar-refractivity contribution in [2.24, 2.45) is 0 Å². The van der Waals surface area contributed by atoms with Crippen LogP contribution in [-0.2, 0) is 4.79 Å². The Labute approximate surface area is 86.5 Å². The Balaban J connectivity index is 2.97. The highest BCUT2D eigenvalue weighted by atomic mass is 16.6. The number of nitro benzene ring substituents is 1. The van der Waals surface area contributed by atoms with E-state index < -0.39 is 16.8 Å². The fourth-order valence-electron chi connectivity index (χ4n) is 1.38. The van der Waals surface area contributed by atoms with Crippen LogP contribution in [0.3, 0.4) is 0 Å². The van der Waals surface area contributed by atoms with Crippen molar-refractivity contribution in [3.63, 3.8) is 0 Å². The lowest BCUT2D eigenvalue weighted by molar-refractivity contribution is -0.384. The summed E-state index contributed by atoms with van der Waals surface area (Å²) in [4.78, 5) is 20.7. The van der Waals surface area contributed by atoms with E-state index >= 15 is 0 Å². The molecule has 1 N–H and O–H groups in total. The number of benzene rings is 1. The summed E-state index contributed by atoms with van der Waals surface area (Å²) in [5, 5.41) is 19.2. The monoisotopic (exact) mass is 209 g/mol. The summed E-state index contributed by atoms with van der Waals surface area (Å²) in [6.07, 6.45) is 0.465. The highest BCUT2D eigenvalue weighted by Gasteiger charge is 2.18. The molecule has 1 aromatic rings. The lowest BCUT2D eigenvalue weighted by atomic mass is 9.97. The molecule has 0 saturated carbocycles. The summed E-state index contributed by atoms with van der Waals surface area (Å²) in [6, 6.07) is 5.61. The second-order valence-corrected chi connectivity index (χ2v) is 3.15. The summed E-state index contributed by atoms with van der Waals surface area (Å²) >= 11 is 0. The lowest BCUT2D eigenvalue weighted by Gasteiger charge is -2.08. The molecule has 0 amide bonds. The molecule has 0 bridgehead atoms. The molecule has 5 nitrogen and oxygen atoms in total. The van der Waals surface area contributed by atoms with Gasteiger partial charge in [-0.25, -0.2) is 0 Å². The van der Waals surface area contributed by atoms with E-state index in [1.807, 2.05) is 0 Å². The number of aliphatic carboxylic acids is 1. The van der Waals surface area contributed by atoms with E-state index in [4.69, 9.17) is 5.11 Å². The van der Waals surface area contributed by atoms with E-state index in [1.54, 1.807) is 6.92 Å². The summed E-state index contributed by atoms with van der Waals surface area (Å²) in [5.41, 5.74) is 0.564. The molecule has 15 heavy (non-hydrogen) atoms. The van der Waals surface area contributed by atoms with Gasteiger partial charge in [-0.05, 0) is 12.0 Å². The smallest absolute Gasteiger partial charge is 0.310 e. The van der Waals surface area contributed by atoms with Gasteiger partial charge in [0.2, 0.25) is 0 Å². The van der Waals surface area contributed by atoms with Crippen LogP contribution in [0.1, 0.15) is 24.8 Å². The lowest BCUT2D eigenvalue weighted by Crippen LogP contribution is -2.10. The first-order chi connectivity index (χ1) is 7.06. The first kappa shape index (κ1) is 11.2. The normalized spacial score (nSPS) is 12.1. The number of carboxylic acid groups (broad SMARTS) is 1. The summed E-state index contributed by atoms with van der Waals surface area (Å²) in [7, 11) is 0. The fraction of sp³-hybridized carbons (Fsp3) is 0.300. The Morgan fingerprint density at radius 1 is 1.47 bits per heavy atom. The third-order valence-corrected chi connectivity index (χ3v) is 2.21. The van der Waals surface area contributed by atoms with Gasteiger partial charge in [0.1, 0.15) is 0 Å². The molecule has 0 radical (unpaired) electrons. The van der Waals surface area contributed by atoms with E-state index in [2.05, 4.69) is 0 Å². The van der Waals surface area contributed by atoms with Gasteiger partial charge in [-0.3, -0.25) is 14.9 Å². The van der Waals surface area contributed by atoms with Gasteiger partial charge in [-0.1, -0.05) is 19.1 Å². The number of nitro groups is 1. The van der Waals surface area contributed by atoms with Crippen molar-refractivity contribution in [3.05, 3.63) is 39.9 Å². The van der Waals surface area contributed by atoms with Crippen LogP contribution in [0.25, 0.3) is 0 Å². The number of hydrogen-bond donors (Lipinski definition) is 1. The number of nitrogens with zero attached hydrogens (tertiary/aromatic N) is 1. The molecule has 0 aliphatic heterocycles. The van der Waals surface area contributed by atoms with Crippen LogP contribution >= 0.6 is 0 Å². The number of non-ortho nitro benzene ring substituents is 1. The van der Waals surface area contributed by atoms with Crippen molar-refractivity contribution in [3.8, 4) is 0 Å². The third-order valence-electron chi connectivity index (χ3n) is 2.21. The van der Waals surface area contributed by atoms with E-state index in [9.17, 15) is 14.9 Å². The first-order valence-electron chi connectivity index (χ1n) is 4.53. The molecular formula is C10H11NO4. The molecule has 0 saturated heterocycles. The number of rotatable bonds is 4. The molecule has 1 aromatic carbocycles. The Morgan fingerprint density at radius 2 is 2.00 bits per heavy atom. The highest BCUT2D eigenvalue weighted by Crippen LogP contribution is 2.22. The van der Waals surface area contributed by atoms with E-state index in [1.165, 1.54) is 24.3 Å². The third kappa shape index (κ3) is 2.52. The standard InChI is InChI=1S/C10H11NO4/c1-2-9(10(12)13)7-3-5-8(6-4-7)11(14)15/h3-6,9H,2H2,1H3,(H,12,13). The molecule has 0 fully saturated rings. The molecule has 0 aliphatic carbocycles. The predicted molar refractivity (Wildman–Crippen MR) is 53.8 cm³/mol. The molecular weight excluding hydrogens is 198 g/mol. The molecule has 0 spiro atoms. The van der Waals surface area contributed by atoms with Crippen LogP contribution in [-0.4, -0.2) is 16.0 Å². The molecule has 1 unspecified atom stereocenters. The van der Waals surface area contributed by atoms with Gasteiger partial charge in [0.25, 0.3) is 5.69 Å². The van der Waals surface area contributed by atoms with Crippen molar-refractivity contribution in [1.29, 1.82) is 0 Å². The van der Waals surface area contributed by atoms with E-state index in [-0.39, 0.29) is 5.69 Å². The largest absolute Gasteiger partial charge is 0.481 e. The molecule has 1 rings (SSSR count). The highest BCUT2D eigenvalue weighted by molar-refractivity contribution is 5.76. The van der Waals surface area contributed by atoms with Crippen LogP contribution in [0.5, 0.6) is 0 Å². The molecule has 1 atom stereocenters. The van der Waals surface area contributed by atoms with Crippen molar-refractivity contribution < 1.29 is 14.8 Å². The zero-order valence-electron chi connectivity index (χ0n) is 8.21. The van der Waals surface area contributed by atoms with Gasteiger partial charge in [0.15, 0.2) is 0 Å². The first-order valence-corrected chi connectivity index (χ1v) is 4.53. The van der Waals surface area contributed by atoms with Gasteiger partial charge in [0.05, 0.1) is 10.8 Å². The van der Waals surface area contributed by atoms with Crippen LogP contribution in [0.4, 0.5) is 5.69 Å². The van der Waals surface area contributed by atoms with Crippen molar-refractivity contribution >= 4 is 11.7 Å².